The second kappa shape index (κ2) is 21.7. The summed E-state index contributed by atoms with van der Waals surface area (Å²) in [5.41, 5.74) is 1.41. The molecule has 22 heteroatoms. The number of aliphatic hydroxyl groups excluding tert-OH is 14. The number of aliphatic hydroxyl groups is 14. The van der Waals surface area contributed by atoms with E-state index in [-0.39, 0.29) is 52.1 Å². The van der Waals surface area contributed by atoms with Gasteiger partial charge in [0.05, 0.1) is 45.2 Å². The lowest BCUT2D eigenvalue weighted by molar-refractivity contribution is -0.389. The lowest BCUT2D eigenvalue weighted by atomic mass is 9.35. The van der Waals surface area contributed by atoms with Crippen molar-refractivity contribution in [2.75, 3.05) is 33.0 Å². The predicted molar refractivity (Wildman–Crippen MR) is 263 cm³/mol. The van der Waals surface area contributed by atoms with E-state index in [1.807, 2.05) is 6.92 Å². The zero-order chi connectivity index (χ0) is 55.4. The Morgan fingerprint density at radius 2 is 1.05 bits per heavy atom. The summed E-state index contributed by atoms with van der Waals surface area (Å²) in [6.45, 7) is 12.8. The molecule has 0 bridgehead atoms. The molecular formula is C54H88O22. The van der Waals surface area contributed by atoms with E-state index in [0.29, 0.717) is 6.42 Å². The van der Waals surface area contributed by atoms with Gasteiger partial charge in [0, 0.05) is 10.8 Å². The van der Waals surface area contributed by atoms with Gasteiger partial charge in [-0.05, 0) is 104 Å². The molecule has 7 fully saturated rings. The van der Waals surface area contributed by atoms with Crippen LogP contribution in [-0.2, 0) is 37.9 Å². The van der Waals surface area contributed by atoms with Crippen LogP contribution in [0.15, 0.2) is 23.3 Å². The van der Waals surface area contributed by atoms with Crippen molar-refractivity contribution < 1.29 is 109 Å². The highest BCUT2D eigenvalue weighted by Gasteiger charge is 2.68. The van der Waals surface area contributed by atoms with Crippen LogP contribution in [0.2, 0.25) is 0 Å². The van der Waals surface area contributed by atoms with Crippen LogP contribution in [-0.4, -0.2) is 233 Å². The normalized spacial score (nSPS) is 54.3. The van der Waals surface area contributed by atoms with Crippen molar-refractivity contribution in [3.8, 4) is 0 Å². The van der Waals surface area contributed by atoms with Gasteiger partial charge in [-0.25, -0.2) is 0 Å². The Morgan fingerprint density at radius 3 is 1.67 bits per heavy atom. The topological polar surface area (TPSA) is 357 Å². The molecule has 0 spiro atoms. The van der Waals surface area contributed by atoms with Gasteiger partial charge >= 0.3 is 0 Å². The first kappa shape index (κ1) is 59.2. The molecule has 9 rings (SSSR count). The van der Waals surface area contributed by atoms with E-state index in [9.17, 15) is 71.5 Å². The van der Waals surface area contributed by atoms with E-state index in [1.165, 1.54) is 18.1 Å². The van der Waals surface area contributed by atoms with E-state index >= 15 is 0 Å². The Bertz CT molecular complexity index is 2090. The summed E-state index contributed by atoms with van der Waals surface area (Å²) >= 11 is 0. The minimum atomic E-state index is -2.01. The number of fused-ring (bicyclic) bond motifs is 6. The molecule has 0 radical (unpaired) electrons. The molecule has 4 aliphatic heterocycles. The Hall–Kier alpha value is -1.40. The quantitative estimate of drug-likeness (QED) is 0.0920. The summed E-state index contributed by atoms with van der Waals surface area (Å²) in [7, 11) is 0. The standard InChI is InChI=1S/C54H88O22/c1-24-42(74-46-38(65)35(62)33(60)27(19-55)70-46)36(63)39(66)45(69-24)75-43-29(21-57)72-47(40(67)37(43)64)76-44-34(61)28(20-56)71-48(41(44)68)73-32-11-12-50(4)30(51(32,5)22-58)10-13-53(7)31(50)9-8-25-26-18-49(2,3)14-16-54(26,23-59)17-15-52(25,53)6/h8-9,24,27-48,55-68H,10-23H2,1-7H3. The van der Waals surface area contributed by atoms with Crippen LogP contribution in [0, 0.1) is 44.3 Å². The molecule has 5 aliphatic carbocycles. The van der Waals surface area contributed by atoms with Crippen LogP contribution in [0.4, 0.5) is 0 Å². The van der Waals surface area contributed by atoms with Gasteiger partial charge in [-0.15, -0.1) is 0 Å². The second-order valence-corrected chi connectivity index (χ2v) is 25.8. The minimum Gasteiger partial charge on any atom is -0.396 e. The van der Waals surface area contributed by atoms with Crippen LogP contribution >= 0.6 is 0 Å². The minimum absolute atomic E-state index is 0.0410. The molecule has 0 amide bonds. The SMILES string of the molecule is CC1OC(OC2C(CO)OC(OC3C(O)C(CO)OC(OC4CCC5(C)C(CCC6(C)C5C=CC5=C7CC(C)(C)CCC7(CO)CCC56C)C4(C)CO)C3O)C(O)C2O)C(O)C(O)C1OC1OC(CO)C(O)C(O)C1O. The summed E-state index contributed by atoms with van der Waals surface area (Å²) in [6, 6.07) is 0. The summed E-state index contributed by atoms with van der Waals surface area (Å²) < 4.78 is 47.3. The average Bonchev–Trinajstić information content (AvgIpc) is 3.56. The van der Waals surface area contributed by atoms with Crippen LogP contribution in [0.3, 0.4) is 0 Å². The van der Waals surface area contributed by atoms with Crippen molar-refractivity contribution in [3.05, 3.63) is 23.3 Å². The first-order valence-corrected chi connectivity index (χ1v) is 27.6. The zero-order valence-electron chi connectivity index (χ0n) is 44.9. The van der Waals surface area contributed by atoms with E-state index in [2.05, 4.69) is 46.8 Å². The first-order valence-electron chi connectivity index (χ1n) is 27.6. The molecule has 4 saturated heterocycles. The molecule has 22 nitrogen and oxygen atoms in total. The highest BCUT2D eigenvalue weighted by atomic mass is 16.8. The van der Waals surface area contributed by atoms with E-state index in [1.54, 1.807) is 0 Å². The third kappa shape index (κ3) is 9.53. The number of allylic oxidation sites excluding steroid dienone is 3. The van der Waals surface area contributed by atoms with Gasteiger partial charge in [-0.2, -0.15) is 0 Å². The molecule has 0 aromatic carbocycles. The van der Waals surface area contributed by atoms with Crippen molar-refractivity contribution >= 4 is 0 Å². The van der Waals surface area contributed by atoms with Gasteiger partial charge in [0.2, 0.25) is 0 Å². The molecular weight excluding hydrogens is 1000 g/mol. The zero-order valence-corrected chi connectivity index (χ0v) is 44.9. The van der Waals surface area contributed by atoms with Crippen molar-refractivity contribution in [1.82, 2.24) is 0 Å². The van der Waals surface area contributed by atoms with Crippen molar-refractivity contribution in [2.45, 2.75) is 235 Å². The third-order valence-corrected chi connectivity index (χ3v) is 21.0. The maximum absolute atomic E-state index is 12.0. The van der Waals surface area contributed by atoms with Gasteiger partial charge in [-0.3, -0.25) is 0 Å². The van der Waals surface area contributed by atoms with Gasteiger partial charge in [0.1, 0.15) is 91.6 Å². The van der Waals surface area contributed by atoms with E-state index < -0.39 is 154 Å². The maximum Gasteiger partial charge on any atom is 0.187 e. The molecule has 0 aromatic heterocycles. The molecule has 76 heavy (non-hydrogen) atoms. The highest BCUT2D eigenvalue weighted by Crippen LogP contribution is 2.74. The van der Waals surface area contributed by atoms with Crippen molar-refractivity contribution in [2.24, 2.45) is 44.3 Å². The largest absolute Gasteiger partial charge is 0.396 e. The van der Waals surface area contributed by atoms with Crippen molar-refractivity contribution in [3.63, 3.8) is 0 Å². The fraction of sp³-hybridized carbons (Fsp3) is 0.926. The summed E-state index contributed by atoms with van der Waals surface area (Å²) in [6.07, 6.45) is -21.7. The van der Waals surface area contributed by atoms with Crippen LogP contribution < -0.4 is 0 Å². The monoisotopic (exact) mass is 1090 g/mol. The van der Waals surface area contributed by atoms with Crippen LogP contribution in [0.25, 0.3) is 0 Å². The number of hydrogen-bond acceptors (Lipinski definition) is 22. The fourth-order valence-electron chi connectivity index (χ4n) is 16.0. The maximum atomic E-state index is 12.0. The number of ether oxygens (including phenoxy) is 8. The molecule has 436 valence electrons. The van der Waals surface area contributed by atoms with E-state index in [0.717, 1.165) is 51.4 Å². The Morgan fingerprint density at radius 1 is 0.513 bits per heavy atom. The molecule has 0 aromatic rings. The van der Waals surface area contributed by atoms with Crippen LogP contribution in [0.1, 0.15) is 106 Å². The summed E-state index contributed by atoms with van der Waals surface area (Å²) in [5, 5.41) is 152. The molecule has 28 unspecified atom stereocenters. The molecule has 14 N–H and O–H groups in total. The Balaban J connectivity index is 0.874. The second-order valence-electron chi connectivity index (χ2n) is 25.8. The number of hydrogen-bond donors (Lipinski definition) is 14. The predicted octanol–water partition coefficient (Wildman–Crippen LogP) is -1.64. The fourth-order valence-corrected chi connectivity index (χ4v) is 16.0. The summed E-state index contributed by atoms with van der Waals surface area (Å²) in [5.74, 6) is 0.114. The highest BCUT2D eigenvalue weighted by molar-refractivity contribution is 5.46. The lowest BCUT2D eigenvalue weighted by Gasteiger charge is -2.70. The smallest absolute Gasteiger partial charge is 0.187 e. The van der Waals surface area contributed by atoms with Gasteiger partial charge < -0.3 is 109 Å². The molecule has 9 aliphatic rings. The van der Waals surface area contributed by atoms with E-state index in [4.69, 9.17) is 37.9 Å². The number of rotatable bonds is 13. The van der Waals surface area contributed by atoms with Gasteiger partial charge in [-0.1, -0.05) is 59.3 Å². The van der Waals surface area contributed by atoms with Gasteiger partial charge in [0.25, 0.3) is 0 Å². The van der Waals surface area contributed by atoms with Crippen molar-refractivity contribution in [1.29, 1.82) is 0 Å². The third-order valence-electron chi connectivity index (χ3n) is 21.0. The lowest BCUT2D eigenvalue weighted by Crippen LogP contribution is -2.68. The Kier molecular flexibility index (Phi) is 16.9. The molecule has 3 saturated carbocycles. The van der Waals surface area contributed by atoms with Crippen LogP contribution in [0.5, 0.6) is 0 Å². The molecule has 28 atom stereocenters. The Labute approximate surface area is 444 Å². The molecule has 4 heterocycles. The first-order chi connectivity index (χ1) is 35.7. The van der Waals surface area contributed by atoms with Gasteiger partial charge in [0.15, 0.2) is 25.2 Å². The average molecular weight is 1090 g/mol. The summed E-state index contributed by atoms with van der Waals surface area (Å²) in [4.78, 5) is 0.